The largest absolute Gasteiger partial charge is 0.497 e. The number of sulfonamides is 1. The number of benzene rings is 4. The van der Waals surface area contributed by atoms with Crippen LogP contribution in [0.15, 0.2) is 108 Å². The number of methoxy groups -OCH3 is 1. The predicted molar refractivity (Wildman–Crippen MR) is 185 cm³/mol. The summed E-state index contributed by atoms with van der Waals surface area (Å²) in [7, 11) is -2.74. The molecule has 1 atom stereocenters. The van der Waals surface area contributed by atoms with Crippen molar-refractivity contribution >= 4 is 39.1 Å². The number of carbonyl (C=O) groups is 2. The molecular formula is C37H40ClN3O5S. The lowest BCUT2D eigenvalue weighted by Gasteiger charge is -2.34. The minimum absolute atomic E-state index is 0.00824. The summed E-state index contributed by atoms with van der Waals surface area (Å²) in [5.41, 5.74) is 3.00. The Morgan fingerprint density at radius 2 is 1.55 bits per heavy atom. The minimum Gasteiger partial charge on any atom is -0.497 e. The van der Waals surface area contributed by atoms with Gasteiger partial charge in [0.2, 0.25) is 11.8 Å². The molecule has 10 heteroatoms. The Bertz CT molecular complexity index is 1760. The molecule has 8 nitrogen and oxygen atoms in total. The third kappa shape index (κ3) is 8.73. The van der Waals surface area contributed by atoms with Gasteiger partial charge in [0.05, 0.1) is 17.7 Å². The zero-order valence-corrected chi connectivity index (χ0v) is 28.2. The Morgan fingerprint density at radius 3 is 2.19 bits per heavy atom. The molecule has 1 fully saturated rings. The van der Waals surface area contributed by atoms with Crippen LogP contribution >= 0.6 is 11.6 Å². The third-order valence-electron chi connectivity index (χ3n) is 8.45. The highest BCUT2D eigenvalue weighted by Gasteiger charge is 2.35. The topological polar surface area (TPSA) is 96.0 Å². The van der Waals surface area contributed by atoms with Gasteiger partial charge < -0.3 is 15.0 Å². The smallest absolute Gasteiger partial charge is 0.264 e. The van der Waals surface area contributed by atoms with Gasteiger partial charge >= 0.3 is 0 Å². The fraction of sp³-hybridized carbons (Fsp3) is 0.297. The predicted octanol–water partition coefficient (Wildman–Crippen LogP) is 6.55. The molecule has 1 aliphatic rings. The van der Waals surface area contributed by atoms with E-state index in [-0.39, 0.29) is 35.5 Å². The van der Waals surface area contributed by atoms with Crippen LogP contribution in [0, 0.1) is 6.92 Å². The van der Waals surface area contributed by atoms with Crippen LogP contribution in [-0.4, -0.2) is 50.9 Å². The quantitative estimate of drug-likeness (QED) is 0.174. The first-order chi connectivity index (χ1) is 22.6. The molecule has 246 valence electrons. The van der Waals surface area contributed by atoms with Crippen LogP contribution in [0.3, 0.4) is 0 Å². The van der Waals surface area contributed by atoms with E-state index in [4.69, 9.17) is 16.3 Å². The molecule has 2 amide bonds. The summed E-state index contributed by atoms with van der Waals surface area (Å²) in [4.78, 5) is 30.3. The first-order valence-corrected chi connectivity index (χ1v) is 17.6. The average Bonchev–Trinajstić information content (AvgIpc) is 3.59. The van der Waals surface area contributed by atoms with Crippen molar-refractivity contribution in [3.63, 3.8) is 0 Å². The number of nitrogens with one attached hydrogen (secondary N) is 1. The molecule has 0 saturated heterocycles. The van der Waals surface area contributed by atoms with Gasteiger partial charge in [0.15, 0.2) is 0 Å². The molecule has 47 heavy (non-hydrogen) atoms. The standard InChI is InChI=1S/C37H40ClN3O5S/c1-27-9-8-12-29(23-27)25-40(35(24-28-10-4-3-5-11-28)37(43)39-31-13-6-7-14-31)36(42)26-41(32-17-15-30(38)16-18-32)47(44,45)34-21-19-33(46-2)20-22-34/h3-5,8-12,15-23,31,35H,6-7,13-14,24-26H2,1-2H3,(H,39,43). The van der Waals surface area contributed by atoms with Gasteiger partial charge in [0, 0.05) is 24.0 Å². The van der Waals surface area contributed by atoms with Gasteiger partial charge in [-0.2, -0.15) is 0 Å². The van der Waals surface area contributed by atoms with E-state index in [9.17, 15) is 18.0 Å². The maximum Gasteiger partial charge on any atom is 0.264 e. The monoisotopic (exact) mass is 673 g/mol. The Balaban J connectivity index is 1.56. The van der Waals surface area contributed by atoms with Crippen LogP contribution in [0.5, 0.6) is 5.75 Å². The summed E-state index contributed by atoms with van der Waals surface area (Å²) in [6.07, 6.45) is 4.13. The molecule has 4 aromatic rings. The van der Waals surface area contributed by atoms with E-state index in [0.717, 1.165) is 46.7 Å². The van der Waals surface area contributed by atoms with Crippen LogP contribution < -0.4 is 14.4 Å². The normalized spacial score (nSPS) is 13.9. The molecule has 5 rings (SSSR count). The van der Waals surface area contributed by atoms with Crippen LogP contribution in [0.25, 0.3) is 0 Å². The van der Waals surface area contributed by atoms with Crippen LogP contribution in [0.2, 0.25) is 5.02 Å². The summed E-state index contributed by atoms with van der Waals surface area (Å²) >= 11 is 6.16. The van der Waals surface area contributed by atoms with Gasteiger partial charge in [-0.05, 0) is 79.4 Å². The number of rotatable bonds is 13. The molecule has 0 radical (unpaired) electrons. The molecule has 0 aliphatic heterocycles. The highest BCUT2D eigenvalue weighted by molar-refractivity contribution is 7.92. The van der Waals surface area contributed by atoms with Crippen LogP contribution in [0.4, 0.5) is 5.69 Å². The van der Waals surface area contributed by atoms with E-state index in [1.165, 1.54) is 24.1 Å². The number of ether oxygens (including phenoxy) is 1. The van der Waals surface area contributed by atoms with Crippen molar-refractivity contribution in [2.75, 3.05) is 18.0 Å². The van der Waals surface area contributed by atoms with Crippen LogP contribution in [-0.2, 0) is 32.6 Å². The second kappa shape index (κ2) is 15.5. The molecule has 0 heterocycles. The molecule has 0 bridgehead atoms. The SMILES string of the molecule is COc1ccc(S(=O)(=O)N(CC(=O)N(Cc2cccc(C)c2)C(Cc2ccccc2)C(=O)NC2CCCC2)c2ccc(Cl)cc2)cc1. The molecule has 0 aromatic heterocycles. The van der Waals surface area contributed by atoms with Gasteiger partial charge in [-0.1, -0.05) is 84.6 Å². The number of hydrogen-bond donors (Lipinski definition) is 1. The molecule has 1 unspecified atom stereocenters. The van der Waals surface area contributed by atoms with Gasteiger partial charge in [0.1, 0.15) is 18.3 Å². The summed E-state index contributed by atoms with van der Waals surface area (Å²) in [6.45, 7) is 1.55. The maximum atomic E-state index is 14.6. The lowest BCUT2D eigenvalue weighted by atomic mass is 10.0. The second-order valence-electron chi connectivity index (χ2n) is 11.9. The number of nitrogens with zero attached hydrogens (tertiary/aromatic N) is 2. The summed E-state index contributed by atoms with van der Waals surface area (Å²) in [5, 5.41) is 3.62. The van der Waals surface area contributed by atoms with Crippen molar-refractivity contribution in [1.82, 2.24) is 10.2 Å². The van der Waals surface area contributed by atoms with Crippen molar-refractivity contribution < 1.29 is 22.7 Å². The van der Waals surface area contributed by atoms with Crippen molar-refractivity contribution in [3.8, 4) is 5.75 Å². The molecule has 1 N–H and O–H groups in total. The Hall–Kier alpha value is -4.34. The van der Waals surface area contributed by atoms with Crippen molar-refractivity contribution in [3.05, 3.63) is 125 Å². The van der Waals surface area contributed by atoms with Gasteiger partial charge in [-0.15, -0.1) is 0 Å². The molecule has 4 aromatic carbocycles. The summed E-state index contributed by atoms with van der Waals surface area (Å²) < 4.78 is 34.7. The lowest BCUT2D eigenvalue weighted by Crippen LogP contribution is -2.54. The fourth-order valence-corrected chi connectivity index (χ4v) is 7.48. The van der Waals surface area contributed by atoms with Crippen LogP contribution in [0.1, 0.15) is 42.4 Å². The summed E-state index contributed by atoms with van der Waals surface area (Å²) in [6, 6.07) is 28.8. The maximum absolute atomic E-state index is 14.6. The Morgan fingerprint density at radius 1 is 0.894 bits per heavy atom. The van der Waals surface area contributed by atoms with Gasteiger partial charge in [-0.25, -0.2) is 8.42 Å². The van der Waals surface area contributed by atoms with Crippen molar-refractivity contribution in [2.45, 2.75) is 62.6 Å². The zero-order valence-electron chi connectivity index (χ0n) is 26.6. The van der Waals surface area contributed by atoms with Crippen molar-refractivity contribution in [1.29, 1.82) is 0 Å². The number of amides is 2. The fourth-order valence-electron chi connectivity index (χ4n) is 5.94. The van der Waals surface area contributed by atoms with E-state index in [0.29, 0.717) is 10.8 Å². The first-order valence-electron chi connectivity index (χ1n) is 15.8. The molecular weight excluding hydrogens is 634 g/mol. The van der Waals surface area contributed by atoms with Gasteiger partial charge in [-0.3, -0.25) is 13.9 Å². The highest BCUT2D eigenvalue weighted by atomic mass is 35.5. The zero-order chi connectivity index (χ0) is 33.4. The van der Waals surface area contributed by atoms with E-state index in [1.807, 2.05) is 61.5 Å². The molecule has 1 saturated carbocycles. The third-order valence-corrected chi connectivity index (χ3v) is 10.5. The number of anilines is 1. The Labute approximate surface area is 282 Å². The second-order valence-corrected chi connectivity index (χ2v) is 14.2. The number of carbonyl (C=O) groups excluding carboxylic acids is 2. The van der Waals surface area contributed by atoms with Gasteiger partial charge in [0.25, 0.3) is 10.0 Å². The highest BCUT2D eigenvalue weighted by Crippen LogP contribution is 2.28. The van der Waals surface area contributed by atoms with Crippen molar-refractivity contribution in [2.24, 2.45) is 0 Å². The minimum atomic E-state index is -4.24. The molecule has 0 spiro atoms. The van der Waals surface area contributed by atoms with E-state index < -0.39 is 28.5 Å². The molecule has 1 aliphatic carbocycles. The number of aryl methyl sites for hydroxylation is 1. The number of hydrogen-bond acceptors (Lipinski definition) is 5. The van der Waals surface area contributed by atoms with E-state index in [2.05, 4.69) is 5.32 Å². The summed E-state index contributed by atoms with van der Waals surface area (Å²) in [5.74, 6) is -0.265. The Kier molecular flexibility index (Phi) is 11.2. The lowest BCUT2D eigenvalue weighted by molar-refractivity contribution is -0.140. The average molecular weight is 674 g/mol. The van der Waals surface area contributed by atoms with E-state index in [1.54, 1.807) is 36.4 Å². The number of halogens is 1. The first kappa shape index (κ1) is 34.0. The van der Waals surface area contributed by atoms with E-state index >= 15 is 0 Å².